The van der Waals surface area contributed by atoms with Crippen molar-refractivity contribution in [1.82, 2.24) is 10.3 Å². The van der Waals surface area contributed by atoms with Gasteiger partial charge in [0.05, 0.1) is 6.54 Å². The quantitative estimate of drug-likeness (QED) is 0.752. The molecule has 17 heavy (non-hydrogen) atoms. The lowest BCUT2D eigenvalue weighted by Gasteiger charge is -2.23. The van der Waals surface area contributed by atoms with Gasteiger partial charge in [0.2, 0.25) is 0 Å². The standard InChI is InChI=1S/C14H19N3/c1-3-9-17(11-12-6-7-12)14-13(10-15-2)5-4-8-16-14/h1,4-5,8,12,15H,6-7,9-11H2,2H3. The first-order valence-electron chi connectivity index (χ1n) is 6.12. The van der Waals surface area contributed by atoms with Crippen LogP contribution in [-0.2, 0) is 6.54 Å². The minimum absolute atomic E-state index is 0.643. The zero-order valence-electron chi connectivity index (χ0n) is 10.3. The van der Waals surface area contributed by atoms with Gasteiger partial charge in [-0.05, 0) is 31.9 Å². The Hall–Kier alpha value is -1.53. The van der Waals surface area contributed by atoms with Crippen molar-refractivity contribution in [2.45, 2.75) is 19.4 Å². The monoisotopic (exact) mass is 229 g/mol. The van der Waals surface area contributed by atoms with Gasteiger partial charge in [0.1, 0.15) is 5.82 Å². The Morgan fingerprint density at radius 1 is 1.59 bits per heavy atom. The van der Waals surface area contributed by atoms with Crippen LogP contribution in [0.2, 0.25) is 0 Å². The number of aromatic nitrogens is 1. The van der Waals surface area contributed by atoms with Crippen molar-refractivity contribution in [3.8, 4) is 12.3 Å². The van der Waals surface area contributed by atoms with E-state index in [1.54, 1.807) is 0 Å². The number of anilines is 1. The molecule has 0 aromatic carbocycles. The Morgan fingerprint density at radius 2 is 2.41 bits per heavy atom. The van der Waals surface area contributed by atoms with Gasteiger partial charge < -0.3 is 10.2 Å². The molecule has 1 aromatic heterocycles. The molecule has 0 unspecified atom stereocenters. The second-order valence-electron chi connectivity index (χ2n) is 4.54. The Balaban J connectivity index is 2.17. The van der Waals surface area contributed by atoms with Crippen molar-refractivity contribution in [2.24, 2.45) is 5.92 Å². The summed E-state index contributed by atoms with van der Waals surface area (Å²) in [7, 11) is 1.95. The molecule has 3 nitrogen and oxygen atoms in total. The summed E-state index contributed by atoms with van der Waals surface area (Å²) in [6.07, 6.45) is 9.95. The highest BCUT2D eigenvalue weighted by atomic mass is 15.2. The molecule has 0 amide bonds. The van der Waals surface area contributed by atoms with Crippen LogP contribution in [-0.4, -0.2) is 25.1 Å². The van der Waals surface area contributed by atoms with E-state index in [0.717, 1.165) is 24.8 Å². The number of nitrogens with one attached hydrogen (secondary N) is 1. The Labute approximate surface area is 103 Å². The van der Waals surface area contributed by atoms with E-state index < -0.39 is 0 Å². The highest BCUT2D eigenvalue weighted by Crippen LogP contribution is 2.31. The molecule has 90 valence electrons. The SMILES string of the molecule is C#CCN(CC1CC1)c1ncccc1CNC. The van der Waals surface area contributed by atoms with Crippen LogP contribution in [0.25, 0.3) is 0 Å². The summed E-state index contributed by atoms with van der Waals surface area (Å²) in [4.78, 5) is 6.71. The van der Waals surface area contributed by atoms with Crippen LogP contribution in [0.1, 0.15) is 18.4 Å². The lowest BCUT2D eigenvalue weighted by molar-refractivity contribution is 0.738. The van der Waals surface area contributed by atoms with E-state index in [0.29, 0.717) is 6.54 Å². The average Bonchev–Trinajstić information content (AvgIpc) is 3.14. The largest absolute Gasteiger partial charge is 0.345 e. The van der Waals surface area contributed by atoms with Gasteiger partial charge in [-0.2, -0.15) is 0 Å². The molecule has 1 aliphatic carbocycles. The topological polar surface area (TPSA) is 28.2 Å². The van der Waals surface area contributed by atoms with E-state index >= 15 is 0 Å². The Morgan fingerprint density at radius 3 is 3.06 bits per heavy atom. The summed E-state index contributed by atoms with van der Waals surface area (Å²) in [5.74, 6) is 4.58. The predicted molar refractivity (Wildman–Crippen MR) is 70.8 cm³/mol. The molecular formula is C14H19N3. The fourth-order valence-corrected chi connectivity index (χ4v) is 1.99. The molecule has 0 atom stereocenters. The first-order valence-corrected chi connectivity index (χ1v) is 6.12. The smallest absolute Gasteiger partial charge is 0.133 e. The van der Waals surface area contributed by atoms with Gasteiger partial charge in [-0.1, -0.05) is 12.0 Å². The number of hydrogen-bond donors (Lipinski definition) is 1. The number of hydrogen-bond acceptors (Lipinski definition) is 3. The molecule has 1 heterocycles. The second kappa shape index (κ2) is 5.70. The maximum absolute atomic E-state index is 5.45. The number of rotatable bonds is 6. The normalized spacial score (nSPS) is 14.4. The number of nitrogens with zero attached hydrogens (tertiary/aromatic N) is 2. The third kappa shape index (κ3) is 3.21. The van der Waals surface area contributed by atoms with Crippen molar-refractivity contribution < 1.29 is 0 Å². The molecule has 0 radical (unpaired) electrons. The van der Waals surface area contributed by atoms with Gasteiger partial charge in [-0.15, -0.1) is 6.42 Å². The van der Waals surface area contributed by atoms with Crippen molar-refractivity contribution in [2.75, 3.05) is 25.0 Å². The summed E-state index contributed by atoms with van der Waals surface area (Å²) in [5, 5.41) is 3.17. The Kier molecular flexibility index (Phi) is 4.00. The predicted octanol–water partition coefficient (Wildman–Crippen LogP) is 1.65. The average molecular weight is 229 g/mol. The van der Waals surface area contributed by atoms with Crippen LogP contribution >= 0.6 is 0 Å². The maximum Gasteiger partial charge on any atom is 0.133 e. The van der Waals surface area contributed by atoms with Crippen molar-refractivity contribution >= 4 is 5.82 Å². The van der Waals surface area contributed by atoms with Crippen molar-refractivity contribution in [1.29, 1.82) is 0 Å². The van der Waals surface area contributed by atoms with Crippen LogP contribution in [0, 0.1) is 18.3 Å². The van der Waals surface area contributed by atoms with Crippen LogP contribution in [0.4, 0.5) is 5.82 Å². The molecule has 3 heteroatoms. The molecular weight excluding hydrogens is 210 g/mol. The molecule has 0 bridgehead atoms. The van der Waals surface area contributed by atoms with Gasteiger partial charge >= 0.3 is 0 Å². The molecule has 1 fully saturated rings. The molecule has 0 spiro atoms. The first kappa shape index (κ1) is 11.9. The zero-order chi connectivity index (χ0) is 12.1. The lowest BCUT2D eigenvalue weighted by Crippen LogP contribution is -2.28. The molecule has 1 aliphatic rings. The lowest BCUT2D eigenvalue weighted by atomic mass is 10.2. The first-order chi connectivity index (χ1) is 8.35. The van der Waals surface area contributed by atoms with Gasteiger partial charge in [-0.3, -0.25) is 0 Å². The molecule has 1 N–H and O–H groups in total. The van der Waals surface area contributed by atoms with Crippen LogP contribution in [0.5, 0.6) is 0 Å². The van der Waals surface area contributed by atoms with Crippen LogP contribution in [0.15, 0.2) is 18.3 Å². The molecule has 1 aromatic rings. The maximum atomic E-state index is 5.45. The summed E-state index contributed by atoms with van der Waals surface area (Å²) in [5.41, 5.74) is 1.21. The molecule has 0 saturated heterocycles. The molecule has 1 saturated carbocycles. The molecule has 0 aliphatic heterocycles. The van der Waals surface area contributed by atoms with Crippen molar-refractivity contribution in [3.63, 3.8) is 0 Å². The number of terminal acetylenes is 1. The van der Waals surface area contributed by atoms with Gasteiger partial charge in [0.25, 0.3) is 0 Å². The summed E-state index contributed by atoms with van der Waals surface area (Å²) < 4.78 is 0. The van der Waals surface area contributed by atoms with Gasteiger partial charge in [0, 0.05) is 24.8 Å². The minimum Gasteiger partial charge on any atom is -0.345 e. The highest BCUT2D eigenvalue weighted by Gasteiger charge is 2.25. The summed E-state index contributed by atoms with van der Waals surface area (Å²) in [6, 6.07) is 4.08. The van der Waals surface area contributed by atoms with E-state index in [-0.39, 0.29) is 0 Å². The van der Waals surface area contributed by atoms with E-state index in [2.05, 4.69) is 27.2 Å². The number of pyridine rings is 1. The van der Waals surface area contributed by atoms with Crippen LogP contribution < -0.4 is 10.2 Å². The third-order valence-electron chi connectivity index (χ3n) is 2.99. The minimum atomic E-state index is 0.643. The fourth-order valence-electron chi connectivity index (χ4n) is 1.99. The second-order valence-corrected chi connectivity index (χ2v) is 4.54. The Bertz CT molecular complexity index is 404. The van der Waals surface area contributed by atoms with E-state index in [4.69, 9.17) is 6.42 Å². The zero-order valence-corrected chi connectivity index (χ0v) is 10.3. The highest BCUT2D eigenvalue weighted by molar-refractivity contribution is 5.48. The van der Waals surface area contributed by atoms with Gasteiger partial charge in [0.15, 0.2) is 0 Å². The molecule has 2 rings (SSSR count). The summed E-state index contributed by atoms with van der Waals surface area (Å²) in [6.45, 7) is 2.51. The fraction of sp³-hybridized carbons (Fsp3) is 0.500. The van der Waals surface area contributed by atoms with Gasteiger partial charge in [-0.25, -0.2) is 4.98 Å². The van der Waals surface area contributed by atoms with E-state index in [9.17, 15) is 0 Å². The van der Waals surface area contributed by atoms with Crippen LogP contribution in [0.3, 0.4) is 0 Å². The third-order valence-corrected chi connectivity index (χ3v) is 2.99. The van der Waals surface area contributed by atoms with E-state index in [1.807, 2.05) is 19.3 Å². The summed E-state index contributed by atoms with van der Waals surface area (Å²) >= 11 is 0. The van der Waals surface area contributed by atoms with Crippen molar-refractivity contribution in [3.05, 3.63) is 23.9 Å². The van der Waals surface area contributed by atoms with E-state index in [1.165, 1.54) is 18.4 Å².